The van der Waals surface area contributed by atoms with Gasteiger partial charge in [-0.05, 0) is 61.7 Å². The molecular weight excluding hydrogens is 368 g/mol. The number of benzene rings is 2. The second kappa shape index (κ2) is 7.86. The van der Waals surface area contributed by atoms with E-state index in [4.69, 9.17) is 11.6 Å². The lowest BCUT2D eigenvalue weighted by Gasteiger charge is -2.23. The molecule has 0 amide bonds. The molecule has 0 spiro atoms. The largest absolute Gasteiger partial charge is 0.326 e. The molecule has 3 aromatic rings. The second-order valence-electron chi connectivity index (χ2n) is 8.21. The molecule has 0 saturated carbocycles. The van der Waals surface area contributed by atoms with Crippen LogP contribution in [0.1, 0.15) is 30.4 Å². The van der Waals surface area contributed by atoms with E-state index in [-0.39, 0.29) is 0 Å². The highest BCUT2D eigenvalue weighted by molar-refractivity contribution is 6.31. The van der Waals surface area contributed by atoms with Crippen molar-refractivity contribution in [2.24, 2.45) is 0 Å². The van der Waals surface area contributed by atoms with Crippen molar-refractivity contribution in [2.45, 2.75) is 38.4 Å². The molecule has 3 heterocycles. The molecular formula is C23H27ClN4. The number of hydrogen-bond donors (Lipinski definition) is 0. The van der Waals surface area contributed by atoms with Gasteiger partial charge in [0.15, 0.2) is 0 Å². The van der Waals surface area contributed by atoms with Gasteiger partial charge in [0.25, 0.3) is 0 Å². The number of imidazole rings is 1. The number of rotatable bonds is 5. The third kappa shape index (κ3) is 3.69. The minimum atomic E-state index is 0.750. The third-order valence-electron chi connectivity index (χ3n) is 6.30. The molecule has 5 heteroatoms. The van der Waals surface area contributed by atoms with Crippen molar-refractivity contribution in [3.63, 3.8) is 0 Å². The van der Waals surface area contributed by atoms with Crippen molar-refractivity contribution in [1.29, 1.82) is 0 Å². The minimum absolute atomic E-state index is 0.750. The Hall–Kier alpha value is -1.88. The number of fused-ring (bicyclic) bond motifs is 1. The topological polar surface area (TPSA) is 24.3 Å². The first-order chi connectivity index (χ1) is 13.8. The molecule has 1 atom stereocenters. The van der Waals surface area contributed by atoms with E-state index in [0.717, 1.165) is 40.8 Å². The number of hydrogen-bond acceptors (Lipinski definition) is 3. The van der Waals surface area contributed by atoms with E-state index < -0.39 is 0 Å². The fourth-order valence-electron chi connectivity index (χ4n) is 4.76. The van der Waals surface area contributed by atoms with Crippen molar-refractivity contribution in [2.75, 3.05) is 26.2 Å². The fraction of sp³-hybridized carbons (Fsp3) is 0.435. The zero-order chi connectivity index (χ0) is 18.9. The summed E-state index contributed by atoms with van der Waals surface area (Å²) in [4.78, 5) is 9.75. The number of aromatic nitrogens is 2. The van der Waals surface area contributed by atoms with Gasteiger partial charge < -0.3 is 4.57 Å². The molecule has 28 heavy (non-hydrogen) atoms. The number of halogens is 1. The van der Waals surface area contributed by atoms with Gasteiger partial charge in [0.2, 0.25) is 0 Å². The summed E-state index contributed by atoms with van der Waals surface area (Å²) >= 11 is 6.65. The predicted octanol–water partition coefficient (Wildman–Crippen LogP) is 4.41. The van der Waals surface area contributed by atoms with Gasteiger partial charge in [0.1, 0.15) is 0 Å². The lowest BCUT2D eigenvalue weighted by molar-refractivity contribution is 0.230. The van der Waals surface area contributed by atoms with Gasteiger partial charge in [0.05, 0.1) is 23.9 Å². The Balaban J connectivity index is 1.25. The van der Waals surface area contributed by atoms with E-state index in [1.165, 1.54) is 51.0 Å². The summed E-state index contributed by atoms with van der Waals surface area (Å²) in [6.45, 7) is 6.73. The molecule has 2 aromatic carbocycles. The highest BCUT2D eigenvalue weighted by Gasteiger charge is 2.29. The van der Waals surface area contributed by atoms with E-state index in [1.807, 2.05) is 18.5 Å². The van der Waals surface area contributed by atoms with Crippen LogP contribution >= 0.6 is 11.6 Å². The quantitative estimate of drug-likeness (QED) is 0.640. The van der Waals surface area contributed by atoms with Crippen LogP contribution in [0.15, 0.2) is 48.8 Å². The molecule has 0 N–H and O–H groups in total. The number of nitrogens with zero attached hydrogens (tertiary/aromatic N) is 4. The van der Waals surface area contributed by atoms with E-state index in [1.54, 1.807) is 0 Å². The van der Waals surface area contributed by atoms with E-state index >= 15 is 0 Å². The molecule has 4 nitrogen and oxygen atoms in total. The van der Waals surface area contributed by atoms with Crippen molar-refractivity contribution >= 4 is 22.6 Å². The van der Waals surface area contributed by atoms with Crippen LogP contribution in [-0.4, -0.2) is 51.6 Å². The predicted molar refractivity (Wildman–Crippen MR) is 115 cm³/mol. The first-order valence-corrected chi connectivity index (χ1v) is 10.8. The maximum atomic E-state index is 6.65. The maximum absolute atomic E-state index is 6.65. The Morgan fingerprint density at radius 2 is 1.86 bits per heavy atom. The van der Waals surface area contributed by atoms with Crippen LogP contribution in [0, 0.1) is 0 Å². The molecule has 0 radical (unpaired) electrons. The normalized spacial score (nSPS) is 21.1. The van der Waals surface area contributed by atoms with Crippen molar-refractivity contribution in [3.05, 3.63) is 64.9 Å². The Morgan fingerprint density at radius 3 is 2.71 bits per heavy atom. The second-order valence-corrected chi connectivity index (χ2v) is 8.61. The summed E-state index contributed by atoms with van der Waals surface area (Å²) in [7, 11) is 0. The molecule has 2 aliphatic heterocycles. The molecule has 146 valence electrons. The van der Waals surface area contributed by atoms with Crippen LogP contribution in [0.4, 0.5) is 0 Å². The SMILES string of the molecule is Clc1cc(CN2CCC(N3CCCC3)C2)ccc1Cn1cnc2ccccc21. The van der Waals surface area contributed by atoms with Crippen molar-refractivity contribution in [3.8, 4) is 0 Å². The average Bonchev–Trinajstić information content (AvgIpc) is 3.45. The van der Waals surface area contributed by atoms with Crippen molar-refractivity contribution in [1.82, 2.24) is 19.4 Å². The fourth-order valence-corrected chi connectivity index (χ4v) is 5.02. The summed E-state index contributed by atoms with van der Waals surface area (Å²) < 4.78 is 2.16. The summed E-state index contributed by atoms with van der Waals surface area (Å²) in [5.41, 5.74) is 4.63. The smallest absolute Gasteiger partial charge is 0.0961 e. The molecule has 1 unspecified atom stereocenters. The lowest BCUT2D eigenvalue weighted by atomic mass is 10.1. The number of likely N-dealkylation sites (tertiary alicyclic amines) is 2. The molecule has 1 aromatic heterocycles. The molecule has 0 aliphatic carbocycles. The van der Waals surface area contributed by atoms with E-state index in [9.17, 15) is 0 Å². The van der Waals surface area contributed by atoms with Gasteiger partial charge >= 0.3 is 0 Å². The molecule has 5 rings (SSSR count). The van der Waals surface area contributed by atoms with Gasteiger partial charge in [-0.15, -0.1) is 0 Å². The maximum Gasteiger partial charge on any atom is 0.0961 e. The minimum Gasteiger partial charge on any atom is -0.326 e. The van der Waals surface area contributed by atoms with Crippen LogP contribution in [0.3, 0.4) is 0 Å². The van der Waals surface area contributed by atoms with E-state index in [2.05, 4.69) is 49.7 Å². The van der Waals surface area contributed by atoms with Gasteiger partial charge in [-0.1, -0.05) is 35.9 Å². The monoisotopic (exact) mass is 394 g/mol. The standard InChI is InChI=1S/C23H27ClN4/c24-21-13-18(14-26-12-9-20(16-26)27-10-3-4-11-27)7-8-19(21)15-28-17-25-22-5-1-2-6-23(22)28/h1-2,5-8,13,17,20H,3-4,9-12,14-16H2. The zero-order valence-corrected chi connectivity index (χ0v) is 17.0. The van der Waals surface area contributed by atoms with Crippen LogP contribution in [0.25, 0.3) is 11.0 Å². The molecule has 0 bridgehead atoms. The van der Waals surface area contributed by atoms with Crippen LogP contribution < -0.4 is 0 Å². The molecule has 2 fully saturated rings. The highest BCUT2D eigenvalue weighted by Crippen LogP contribution is 2.25. The summed E-state index contributed by atoms with van der Waals surface area (Å²) in [6, 6.07) is 15.6. The molecule has 2 saturated heterocycles. The summed E-state index contributed by atoms with van der Waals surface area (Å²) in [6.07, 6.45) is 5.96. The van der Waals surface area contributed by atoms with Gasteiger partial charge in [-0.25, -0.2) is 4.98 Å². The van der Waals surface area contributed by atoms with Crippen LogP contribution in [0.2, 0.25) is 5.02 Å². The van der Waals surface area contributed by atoms with Crippen LogP contribution in [-0.2, 0) is 13.1 Å². The zero-order valence-electron chi connectivity index (χ0n) is 16.2. The Morgan fingerprint density at radius 1 is 1.00 bits per heavy atom. The Labute approximate surface area is 171 Å². The third-order valence-corrected chi connectivity index (χ3v) is 6.65. The average molecular weight is 395 g/mol. The lowest BCUT2D eigenvalue weighted by Crippen LogP contribution is -2.35. The Kier molecular flexibility index (Phi) is 5.10. The van der Waals surface area contributed by atoms with Gasteiger partial charge in [0, 0.05) is 30.7 Å². The van der Waals surface area contributed by atoms with Crippen LogP contribution in [0.5, 0.6) is 0 Å². The Bertz CT molecular complexity index is 960. The highest BCUT2D eigenvalue weighted by atomic mass is 35.5. The van der Waals surface area contributed by atoms with Gasteiger partial charge in [-0.2, -0.15) is 0 Å². The van der Waals surface area contributed by atoms with Crippen molar-refractivity contribution < 1.29 is 0 Å². The first-order valence-electron chi connectivity index (χ1n) is 10.4. The summed E-state index contributed by atoms with van der Waals surface area (Å²) in [5, 5.41) is 0.852. The summed E-state index contributed by atoms with van der Waals surface area (Å²) in [5.74, 6) is 0. The van der Waals surface area contributed by atoms with E-state index in [0.29, 0.717) is 0 Å². The molecule has 2 aliphatic rings. The first kappa shape index (κ1) is 18.2. The van der Waals surface area contributed by atoms with Gasteiger partial charge in [-0.3, -0.25) is 9.80 Å². The number of para-hydroxylation sites is 2.